The summed E-state index contributed by atoms with van der Waals surface area (Å²) in [4.78, 5) is 32.8. The van der Waals surface area contributed by atoms with Gasteiger partial charge in [0.25, 0.3) is 0 Å². The number of nitrogens with zero attached hydrogens (tertiary/aromatic N) is 8. The van der Waals surface area contributed by atoms with E-state index in [1.54, 1.807) is 23.4 Å². The first-order chi connectivity index (χ1) is 29.4. The number of anilines is 2. The highest BCUT2D eigenvalue weighted by atomic mass is 16.3. The summed E-state index contributed by atoms with van der Waals surface area (Å²) in [6, 6.07) is 30.0. The molecular weight excluding hydrogens is 759 g/mol. The van der Waals surface area contributed by atoms with E-state index in [-0.39, 0.29) is 30.6 Å². The first kappa shape index (κ1) is 39.6. The number of nitrogens with one attached hydrogen (secondary N) is 3. The van der Waals surface area contributed by atoms with Crippen LogP contribution in [-0.2, 0) is 13.2 Å². The number of carbonyl (C=O) groups is 1. The number of aliphatic hydroxyl groups excluding tert-OH is 3. The normalized spacial score (nSPS) is 22.5. The largest absolute Gasteiger partial charge is 0.392 e. The lowest BCUT2D eigenvalue weighted by atomic mass is 9.91. The molecule has 2 aliphatic heterocycles. The van der Waals surface area contributed by atoms with Crippen LogP contribution in [0.3, 0.4) is 0 Å². The van der Waals surface area contributed by atoms with Gasteiger partial charge in [-0.25, -0.2) is 9.78 Å². The summed E-state index contributed by atoms with van der Waals surface area (Å²) in [5, 5.41) is 46.8. The predicted octanol–water partition coefficient (Wildman–Crippen LogP) is 4.21. The van der Waals surface area contributed by atoms with Crippen LogP contribution < -0.4 is 20.9 Å². The Morgan fingerprint density at radius 3 is 2.12 bits per heavy atom. The number of piperidine rings is 1. The van der Waals surface area contributed by atoms with E-state index < -0.39 is 24.3 Å². The van der Waals surface area contributed by atoms with Gasteiger partial charge in [0.1, 0.15) is 12.2 Å². The average Bonchev–Trinajstić information content (AvgIpc) is 4.10. The van der Waals surface area contributed by atoms with E-state index in [9.17, 15) is 20.1 Å². The number of imidazole rings is 1. The van der Waals surface area contributed by atoms with E-state index in [0.29, 0.717) is 54.5 Å². The van der Waals surface area contributed by atoms with Gasteiger partial charge in [-0.3, -0.25) is 9.58 Å². The molecule has 5 heterocycles. The van der Waals surface area contributed by atoms with Crippen molar-refractivity contribution < 1.29 is 20.1 Å². The molecule has 6 N–H and O–H groups in total. The van der Waals surface area contributed by atoms with Crippen LogP contribution in [0, 0.1) is 0 Å². The lowest BCUT2D eigenvalue weighted by Crippen LogP contribution is -2.50. The third-order valence-electron chi connectivity index (χ3n) is 12.4. The lowest BCUT2D eigenvalue weighted by molar-refractivity contribution is 0.00720. The van der Waals surface area contributed by atoms with E-state index in [1.807, 2.05) is 47.0 Å². The number of rotatable bonds is 13. The van der Waals surface area contributed by atoms with E-state index in [0.717, 1.165) is 50.0 Å². The van der Waals surface area contributed by atoms with Crippen molar-refractivity contribution in [3.8, 4) is 0 Å². The maximum atomic E-state index is 13.3. The minimum atomic E-state index is -1.13. The number of hydrogen-bond acceptors (Lipinski definition) is 11. The summed E-state index contributed by atoms with van der Waals surface area (Å²) in [7, 11) is 0. The zero-order chi connectivity index (χ0) is 41.0. The predicted molar refractivity (Wildman–Crippen MR) is 228 cm³/mol. The summed E-state index contributed by atoms with van der Waals surface area (Å²) in [5.41, 5.74) is 5.33. The monoisotopic (exact) mass is 811 g/mol. The third kappa shape index (κ3) is 8.57. The van der Waals surface area contributed by atoms with Gasteiger partial charge in [-0.15, -0.1) is 0 Å². The number of urea groups is 1. The maximum Gasteiger partial charge on any atom is 0.315 e. The van der Waals surface area contributed by atoms with E-state index in [4.69, 9.17) is 15.0 Å². The van der Waals surface area contributed by atoms with Crippen molar-refractivity contribution in [1.29, 1.82) is 0 Å². The number of benzene rings is 3. The highest BCUT2D eigenvalue weighted by Crippen LogP contribution is 2.40. The molecule has 2 saturated heterocycles. The summed E-state index contributed by atoms with van der Waals surface area (Å²) in [5.74, 6) is 1.06. The number of carbonyl (C=O) groups excluding carboxylic acids is 1. The van der Waals surface area contributed by atoms with Crippen molar-refractivity contribution in [3.63, 3.8) is 0 Å². The highest BCUT2D eigenvalue weighted by Gasteiger charge is 2.45. The van der Waals surface area contributed by atoms with Crippen molar-refractivity contribution in [3.05, 3.63) is 132 Å². The number of aliphatic hydroxyl groups is 3. The molecular formula is C45H53N11O4. The zero-order valence-electron chi connectivity index (χ0n) is 33.5. The van der Waals surface area contributed by atoms with Crippen LogP contribution in [0.1, 0.15) is 65.9 Å². The molecule has 15 heteroatoms. The summed E-state index contributed by atoms with van der Waals surface area (Å²) >= 11 is 0. The van der Waals surface area contributed by atoms with Gasteiger partial charge in [0.2, 0.25) is 5.95 Å². The fourth-order valence-electron chi connectivity index (χ4n) is 9.12. The molecule has 2 amide bonds. The van der Waals surface area contributed by atoms with Gasteiger partial charge in [0.15, 0.2) is 17.0 Å². The van der Waals surface area contributed by atoms with Crippen LogP contribution in [0.4, 0.5) is 16.6 Å². The fourth-order valence-corrected chi connectivity index (χ4v) is 9.12. The first-order valence-electron chi connectivity index (χ1n) is 21.1. The smallest absolute Gasteiger partial charge is 0.315 e. The molecule has 0 bridgehead atoms. The van der Waals surface area contributed by atoms with Crippen molar-refractivity contribution >= 4 is 29.0 Å². The molecule has 5 atom stereocenters. The van der Waals surface area contributed by atoms with Crippen LogP contribution >= 0.6 is 0 Å². The van der Waals surface area contributed by atoms with Gasteiger partial charge in [0, 0.05) is 69.0 Å². The van der Waals surface area contributed by atoms with Crippen molar-refractivity contribution in [2.75, 3.05) is 42.9 Å². The molecule has 15 nitrogen and oxygen atoms in total. The Morgan fingerprint density at radius 2 is 1.43 bits per heavy atom. The molecule has 3 aliphatic rings. The number of fused-ring (bicyclic) bond motifs is 1. The van der Waals surface area contributed by atoms with Crippen molar-refractivity contribution in [2.24, 2.45) is 0 Å². The Labute approximate surface area is 349 Å². The number of amides is 2. The van der Waals surface area contributed by atoms with Crippen molar-refractivity contribution in [1.82, 2.24) is 44.8 Å². The van der Waals surface area contributed by atoms with Gasteiger partial charge in [-0.2, -0.15) is 15.1 Å². The quantitative estimate of drug-likeness (QED) is 0.0984. The standard InChI is InChI=1S/C45H53N11O4/c57-28-31-23-48-56(26-31)38-22-37(40(58)41(38)59)55-29-47-39-42(46-24-36(32-12-6-2-7-13-32)33-14-8-3-9-15-33)51-44(52-43(39)55)54-21-18-35(27-54)50-45(60)49-34-16-19-53(20-17-34)25-30-10-4-1-5-11-30/h1-15,23,26,29,34-38,40-41,57-59H,16-22,24-25,27-28H2,(H,46,51,52)(H2,49,50,60)/t35-,37-,38+,40+,41-/m1/s1. The molecule has 6 aromatic rings. The molecule has 1 aliphatic carbocycles. The molecule has 0 spiro atoms. The van der Waals surface area contributed by atoms with Crippen LogP contribution in [0.25, 0.3) is 11.2 Å². The second-order valence-corrected chi connectivity index (χ2v) is 16.4. The fraction of sp³-hybridized carbons (Fsp3) is 0.400. The van der Waals surface area contributed by atoms with Gasteiger partial charge in [-0.05, 0) is 42.4 Å². The minimum Gasteiger partial charge on any atom is -0.392 e. The average molecular weight is 812 g/mol. The minimum absolute atomic E-state index is 0.0170. The Kier molecular flexibility index (Phi) is 11.7. The molecule has 1 saturated carbocycles. The molecule has 60 heavy (non-hydrogen) atoms. The number of likely N-dealkylation sites (tertiary alicyclic amines) is 1. The molecule has 312 valence electrons. The van der Waals surface area contributed by atoms with E-state index in [2.05, 4.69) is 79.4 Å². The van der Waals surface area contributed by atoms with Crippen LogP contribution in [0.2, 0.25) is 0 Å². The highest BCUT2D eigenvalue weighted by molar-refractivity contribution is 5.84. The Morgan fingerprint density at radius 1 is 0.783 bits per heavy atom. The van der Waals surface area contributed by atoms with E-state index >= 15 is 0 Å². The topological polar surface area (TPSA) is 182 Å². The van der Waals surface area contributed by atoms with E-state index in [1.165, 1.54) is 5.56 Å². The second kappa shape index (κ2) is 17.8. The van der Waals surface area contributed by atoms with Crippen LogP contribution in [-0.4, -0.2) is 113 Å². The van der Waals surface area contributed by atoms with Gasteiger partial charge >= 0.3 is 6.03 Å². The summed E-state index contributed by atoms with van der Waals surface area (Å²) in [6.45, 7) is 4.32. The van der Waals surface area contributed by atoms with Crippen LogP contribution in [0.15, 0.2) is 110 Å². The Bertz CT molecular complexity index is 2300. The molecule has 9 rings (SSSR count). The first-order valence-corrected chi connectivity index (χ1v) is 21.1. The summed E-state index contributed by atoms with van der Waals surface area (Å²) in [6.07, 6.45) is 5.60. The number of aromatic nitrogens is 6. The Balaban J connectivity index is 0.934. The third-order valence-corrected chi connectivity index (χ3v) is 12.4. The molecule has 0 radical (unpaired) electrons. The van der Waals surface area contributed by atoms with Gasteiger partial charge in [0.05, 0.1) is 31.2 Å². The molecule has 3 aromatic carbocycles. The summed E-state index contributed by atoms with van der Waals surface area (Å²) < 4.78 is 3.45. The van der Waals surface area contributed by atoms with Gasteiger partial charge in [-0.1, -0.05) is 91.0 Å². The molecule has 3 aromatic heterocycles. The second-order valence-electron chi connectivity index (χ2n) is 16.4. The zero-order valence-corrected chi connectivity index (χ0v) is 33.5. The molecule has 0 unspecified atom stereocenters. The van der Waals surface area contributed by atoms with Gasteiger partial charge < -0.3 is 40.7 Å². The maximum absolute atomic E-state index is 13.3. The van der Waals surface area contributed by atoms with Crippen molar-refractivity contribution in [2.45, 2.75) is 81.1 Å². The Hall–Kier alpha value is -5.87. The van der Waals surface area contributed by atoms with Crippen LogP contribution in [0.5, 0.6) is 0 Å². The lowest BCUT2D eigenvalue weighted by Gasteiger charge is -2.32. The molecule has 3 fully saturated rings. The number of hydrogen-bond donors (Lipinski definition) is 6. The SMILES string of the molecule is O=C(NC1CCN(Cc2ccccc2)CC1)N[C@@H]1CCN(c2nc(NCC(c3ccccc3)c3ccccc3)c3ncn([C@@H]4C[C@H](n5cc(CO)cn5)[C@@H](O)[C@H]4O)c3n2)C1.